The maximum absolute atomic E-state index is 12.5. The van der Waals surface area contributed by atoms with Gasteiger partial charge in [-0.1, -0.05) is 30.0 Å². The third-order valence-corrected chi connectivity index (χ3v) is 6.26. The lowest BCUT2D eigenvalue weighted by Crippen LogP contribution is -2.47. The first-order chi connectivity index (χ1) is 14.7. The van der Waals surface area contributed by atoms with Crippen LogP contribution in [0.2, 0.25) is 0 Å². The average molecular weight is 430 g/mol. The number of amides is 2. The Kier molecular flexibility index (Phi) is 6.56. The molecule has 1 aliphatic carbocycles. The minimum absolute atomic E-state index is 0.0230. The number of thioether (sulfide) groups is 1. The minimum atomic E-state index is -0.274. The number of carbonyl (C=O) groups excluding carboxylic acids is 2. The first-order valence-corrected chi connectivity index (χ1v) is 11.5. The lowest BCUT2D eigenvalue weighted by atomic mass is 10.1. The van der Waals surface area contributed by atoms with Crippen LogP contribution in [0.3, 0.4) is 0 Å². The molecule has 2 heterocycles. The summed E-state index contributed by atoms with van der Waals surface area (Å²) in [5.41, 5.74) is 1.03. The van der Waals surface area contributed by atoms with Crippen molar-refractivity contribution < 1.29 is 14.3 Å². The smallest absolute Gasteiger partial charge is 0.409 e. The van der Waals surface area contributed by atoms with Crippen molar-refractivity contribution in [2.24, 2.45) is 0 Å². The van der Waals surface area contributed by atoms with Crippen molar-refractivity contribution in [1.29, 1.82) is 0 Å². The molecule has 0 radical (unpaired) electrons. The Balaban J connectivity index is 1.31. The van der Waals surface area contributed by atoms with E-state index in [1.807, 2.05) is 30.3 Å². The van der Waals surface area contributed by atoms with Crippen LogP contribution in [0, 0.1) is 0 Å². The molecule has 9 heteroatoms. The molecule has 1 saturated carbocycles. The number of aromatic nitrogens is 3. The van der Waals surface area contributed by atoms with Crippen LogP contribution in [0.4, 0.5) is 4.79 Å². The maximum Gasteiger partial charge on any atom is 0.409 e. The van der Waals surface area contributed by atoms with Gasteiger partial charge in [0.15, 0.2) is 5.16 Å². The van der Waals surface area contributed by atoms with E-state index in [2.05, 4.69) is 20.1 Å². The maximum atomic E-state index is 12.5. The van der Waals surface area contributed by atoms with Gasteiger partial charge in [0.05, 0.1) is 12.4 Å². The van der Waals surface area contributed by atoms with Crippen LogP contribution in [0.25, 0.3) is 5.69 Å². The van der Waals surface area contributed by atoms with Crippen LogP contribution < -0.4 is 5.32 Å². The van der Waals surface area contributed by atoms with E-state index in [9.17, 15) is 9.59 Å². The van der Waals surface area contributed by atoms with Gasteiger partial charge < -0.3 is 15.0 Å². The van der Waals surface area contributed by atoms with E-state index in [1.54, 1.807) is 11.8 Å². The molecule has 2 fully saturated rings. The van der Waals surface area contributed by atoms with Crippen LogP contribution in [0.5, 0.6) is 0 Å². The summed E-state index contributed by atoms with van der Waals surface area (Å²) in [6.07, 6.45) is 3.48. The van der Waals surface area contributed by atoms with Gasteiger partial charge in [-0.2, -0.15) is 0 Å². The molecule has 1 saturated heterocycles. The number of hydrogen-bond donors (Lipinski definition) is 1. The molecule has 1 N–H and O–H groups in total. The number of para-hydroxylation sites is 1. The molecule has 0 unspecified atom stereocenters. The van der Waals surface area contributed by atoms with Crippen molar-refractivity contribution in [3.05, 3.63) is 36.2 Å². The van der Waals surface area contributed by atoms with E-state index >= 15 is 0 Å². The highest BCUT2D eigenvalue weighted by Crippen LogP contribution is 2.41. The number of likely N-dealkylation sites (tertiary alicyclic amines) is 1. The van der Waals surface area contributed by atoms with Gasteiger partial charge in [-0.3, -0.25) is 9.36 Å². The predicted octanol–water partition coefficient (Wildman–Crippen LogP) is 2.97. The number of carbonyl (C=O) groups is 2. The summed E-state index contributed by atoms with van der Waals surface area (Å²) in [5, 5.41) is 12.6. The molecule has 1 aromatic heterocycles. The fourth-order valence-electron chi connectivity index (χ4n) is 3.62. The van der Waals surface area contributed by atoms with E-state index in [1.165, 1.54) is 11.8 Å². The average Bonchev–Trinajstić information content (AvgIpc) is 3.52. The summed E-state index contributed by atoms with van der Waals surface area (Å²) in [4.78, 5) is 26.0. The molecule has 1 aliphatic heterocycles. The van der Waals surface area contributed by atoms with Crippen LogP contribution in [-0.2, 0) is 9.53 Å². The molecular formula is C21H27N5O3S. The first kappa shape index (κ1) is 20.7. The fourth-order valence-corrected chi connectivity index (χ4v) is 4.39. The second-order valence-corrected chi connectivity index (χ2v) is 8.54. The van der Waals surface area contributed by atoms with Crippen molar-refractivity contribution >= 4 is 23.8 Å². The molecule has 4 rings (SSSR count). The normalized spacial score (nSPS) is 17.0. The molecule has 0 bridgehead atoms. The third-order valence-electron chi connectivity index (χ3n) is 5.33. The Bertz CT molecular complexity index is 876. The van der Waals surface area contributed by atoms with E-state index in [4.69, 9.17) is 4.74 Å². The number of nitrogens with one attached hydrogen (secondary N) is 1. The third kappa shape index (κ3) is 4.95. The van der Waals surface area contributed by atoms with Gasteiger partial charge in [-0.25, -0.2) is 4.79 Å². The topological polar surface area (TPSA) is 89.3 Å². The zero-order valence-corrected chi connectivity index (χ0v) is 17.9. The Morgan fingerprint density at radius 3 is 2.53 bits per heavy atom. The van der Waals surface area contributed by atoms with Crippen molar-refractivity contribution in [2.45, 2.75) is 49.7 Å². The molecule has 0 spiro atoms. The van der Waals surface area contributed by atoms with Crippen molar-refractivity contribution in [3.63, 3.8) is 0 Å². The lowest BCUT2D eigenvalue weighted by molar-refractivity contribution is -0.119. The Morgan fingerprint density at radius 2 is 1.87 bits per heavy atom. The zero-order valence-electron chi connectivity index (χ0n) is 17.1. The number of ether oxygens (including phenoxy) is 1. The largest absolute Gasteiger partial charge is 0.450 e. The second kappa shape index (κ2) is 9.51. The molecular weight excluding hydrogens is 402 g/mol. The Labute approximate surface area is 180 Å². The zero-order chi connectivity index (χ0) is 20.9. The van der Waals surface area contributed by atoms with Crippen LogP contribution >= 0.6 is 11.8 Å². The molecule has 2 aliphatic rings. The molecule has 8 nitrogen and oxygen atoms in total. The predicted molar refractivity (Wildman–Crippen MR) is 114 cm³/mol. The van der Waals surface area contributed by atoms with E-state index < -0.39 is 0 Å². The molecule has 2 amide bonds. The van der Waals surface area contributed by atoms with Crippen molar-refractivity contribution in [3.8, 4) is 5.69 Å². The fraction of sp³-hybridized carbons (Fsp3) is 0.524. The van der Waals surface area contributed by atoms with Gasteiger partial charge >= 0.3 is 6.09 Å². The van der Waals surface area contributed by atoms with Crippen molar-refractivity contribution in [2.75, 3.05) is 25.4 Å². The van der Waals surface area contributed by atoms with Gasteiger partial charge in [0.1, 0.15) is 5.82 Å². The minimum Gasteiger partial charge on any atom is -0.450 e. The number of piperidine rings is 1. The highest BCUT2D eigenvalue weighted by Gasteiger charge is 2.31. The standard InChI is InChI=1S/C21H27N5O3S/c1-2-29-21(28)25-12-10-16(11-13-25)22-18(27)14-30-20-24-23-19(15-8-9-15)26(20)17-6-4-3-5-7-17/h3-7,15-16H,2,8-14H2,1H3,(H,22,27). The van der Waals surface area contributed by atoms with Gasteiger partial charge in [-0.05, 0) is 44.7 Å². The van der Waals surface area contributed by atoms with E-state index in [0.717, 1.165) is 42.4 Å². The van der Waals surface area contributed by atoms with Gasteiger partial charge in [0.25, 0.3) is 0 Å². The SMILES string of the molecule is CCOC(=O)N1CCC(NC(=O)CSc2nnc(C3CC3)n2-c2ccccc2)CC1. The second-order valence-electron chi connectivity index (χ2n) is 7.60. The quantitative estimate of drug-likeness (QED) is 0.681. The van der Waals surface area contributed by atoms with E-state index in [0.29, 0.717) is 25.6 Å². The van der Waals surface area contributed by atoms with Crippen LogP contribution in [0.15, 0.2) is 35.5 Å². The Hall–Kier alpha value is -2.55. The molecule has 160 valence electrons. The van der Waals surface area contributed by atoms with Crippen LogP contribution in [0.1, 0.15) is 44.3 Å². The molecule has 1 aromatic carbocycles. The molecule has 2 aromatic rings. The summed E-state index contributed by atoms with van der Waals surface area (Å²) < 4.78 is 7.11. The lowest BCUT2D eigenvalue weighted by Gasteiger charge is -2.31. The summed E-state index contributed by atoms with van der Waals surface area (Å²) in [5.74, 6) is 1.71. The van der Waals surface area contributed by atoms with E-state index in [-0.39, 0.29) is 23.8 Å². The molecule has 0 atom stereocenters. The number of hydrogen-bond acceptors (Lipinski definition) is 6. The number of rotatable bonds is 7. The number of nitrogens with zero attached hydrogens (tertiary/aromatic N) is 4. The highest BCUT2D eigenvalue weighted by molar-refractivity contribution is 7.99. The summed E-state index contributed by atoms with van der Waals surface area (Å²) in [6.45, 7) is 3.38. The van der Waals surface area contributed by atoms with Gasteiger partial charge in [-0.15, -0.1) is 10.2 Å². The highest BCUT2D eigenvalue weighted by atomic mass is 32.2. The van der Waals surface area contributed by atoms with Gasteiger partial charge in [0, 0.05) is 30.7 Å². The molecule has 30 heavy (non-hydrogen) atoms. The van der Waals surface area contributed by atoms with Gasteiger partial charge in [0.2, 0.25) is 5.91 Å². The Morgan fingerprint density at radius 1 is 1.13 bits per heavy atom. The first-order valence-electron chi connectivity index (χ1n) is 10.5. The van der Waals surface area contributed by atoms with Crippen molar-refractivity contribution in [1.82, 2.24) is 25.0 Å². The van der Waals surface area contributed by atoms with Crippen LogP contribution in [-0.4, -0.2) is 63.2 Å². The summed E-state index contributed by atoms with van der Waals surface area (Å²) in [7, 11) is 0. The summed E-state index contributed by atoms with van der Waals surface area (Å²) in [6, 6.07) is 10.1. The number of benzene rings is 1. The monoisotopic (exact) mass is 429 g/mol. The summed E-state index contributed by atoms with van der Waals surface area (Å²) >= 11 is 1.41.